The lowest BCUT2D eigenvalue weighted by atomic mass is 9.91. The first-order chi connectivity index (χ1) is 15.1. The molecule has 31 heavy (non-hydrogen) atoms. The minimum atomic E-state index is -0.704. The number of carboxylic acid groups (broad SMARTS) is 1. The number of thiophene rings is 1. The molecule has 2 aromatic carbocycles. The van der Waals surface area contributed by atoms with Crippen LogP contribution in [0.5, 0.6) is 17.2 Å². The highest BCUT2D eigenvalue weighted by molar-refractivity contribution is 7.17. The summed E-state index contributed by atoms with van der Waals surface area (Å²) >= 11 is 1.73. The second kappa shape index (κ2) is 9.16. The molecule has 1 saturated heterocycles. The summed E-state index contributed by atoms with van der Waals surface area (Å²) in [6, 6.07) is 12.3. The first-order valence-electron chi connectivity index (χ1n) is 10.3. The normalized spacial score (nSPS) is 16.2. The van der Waals surface area contributed by atoms with Gasteiger partial charge in [-0.15, -0.1) is 11.3 Å². The van der Waals surface area contributed by atoms with Crippen LogP contribution in [0, 0.1) is 5.92 Å². The van der Waals surface area contributed by atoms with Gasteiger partial charge >= 0.3 is 5.97 Å². The summed E-state index contributed by atoms with van der Waals surface area (Å²) < 4.78 is 18.0. The van der Waals surface area contributed by atoms with Crippen molar-refractivity contribution in [2.45, 2.75) is 18.9 Å². The zero-order chi connectivity index (χ0) is 22.0. The van der Waals surface area contributed by atoms with Gasteiger partial charge in [0.1, 0.15) is 0 Å². The van der Waals surface area contributed by atoms with E-state index in [1.54, 1.807) is 32.7 Å². The number of methoxy groups -OCH3 is 3. The van der Waals surface area contributed by atoms with Crippen molar-refractivity contribution in [1.82, 2.24) is 4.90 Å². The van der Waals surface area contributed by atoms with Gasteiger partial charge in [0.2, 0.25) is 5.75 Å². The van der Waals surface area contributed by atoms with Gasteiger partial charge in [-0.05, 0) is 66.0 Å². The molecule has 3 aromatic rings. The lowest BCUT2D eigenvalue weighted by Gasteiger charge is -2.37. The maximum atomic E-state index is 11.5. The summed E-state index contributed by atoms with van der Waals surface area (Å²) in [5.41, 5.74) is 2.25. The van der Waals surface area contributed by atoms with E-state index >= 15 is 0 Å². The maximum absolute atomic E-state index is 11.5. The average molecular weight is 442 g/mol. The van der Waals surface area contributed by atoms with Gasteiger partial charge < -0.3 is 19.3 Å². The molecular formula is C24H27NO5S. The predicted molar refractivity (Wildman–Crippen MR) is 122 cm³/mol. The highest BCUT2D eigenvalue weighted by Gasteiger charge is 2.32. The summed E-state index contributed by atoms with van der Waals surface area (Å²) in [4.78, 5) is 13.8. The van der Waals surface area contributed by atoms with Crippen molar-refractivity contribution in [1.29, 1.82) is 0 Å². The van der Waals surface area contributed by atoms with E-state index in [-0.39, 0.29) is 12.0 Å². The largest absolute Gasteiger partial charge is 0.493 e. The number of ether oxygens (including phenoxy) is 3. The number of carbonyl (C=O) groups is 1. The fraction of sp³-hybridized carbons (Fsp3) is 0.375. The predicted octanol–water partition coefficient (Wildman–Crippen LogP) is 4.81. The number of benzene rings is 2. The third-order valence-corrected chi connectivity index (χ3v) is 7.03. The number of piperidine rings is 1. The van der Waals surface area contributed by atoms with E-state index in [1.807, 2.05) is 12.1 Å². The molecule has 1 aliphatic rings. The van der Waals surface area contributed by atoms with Gasteiger partial charge in [-0.25, -0.2) is 0 Å². The highest BCUT2D eigenvalue weighted by Crippen LogP contribution is 2.45. The Labute approximate surface area is 186 Å². The average Bonchev–Trinajstić information content (AvgIpc) is 3.22. The molecule has 1 atom stereocenters. The highest BCUT2D eigenvalue weighted by atomic mass is 32.1. The van der Waals surface area contributed by atoms with Gasteiger partial charge in [0.05, 0.1) is 33.3 Å². The van der Waals surface area contributed by atoms with Crippen LogP contribution < -0.4 is 14.2 Å². The molecule has 6 nitrogen and oxygen atoms in total. The summed E-state index contributed by atoms with van der Waals surface area (Å²) in [6.07, 6.45) is 1.27. The van der Waals surface area contributed by atoms with Crippen molar-refractivity contribution in [3.05, 3.63) is 52.9 Å². The van der Waals surface area contributed by atoms with Crippen LogP contribution in [0.25, 0.3) is 10.1 Å². The molecule has 164 valence electrons. The SMILES string of the molecule is COc1cc(C(c2csc3ccccc23)N2CCC(C(=O)O)CC2)cc(OC)c1OC. The van der Waals surface area contributed by atoms with Crippen molar-refractivity contribution < 1.29 is 24.1 Å². The molecule has 1 unspecified atom stereocenters. The van der Waals surface area contributed by atoms with Gasteiger partial charge in [-0.1, -0.05) is 18.2 Å². The Morgan fingerprint density at radius 2 is 1.71 bits per heavy atom. The van der Waals surface area contributed by atoms with Crippen molar-refractivity contribution >= 4 is 27.4 Å². The zero-order valence-electron chi connectivity index (χ0n) is 18.0. The van der Waals surface area contributed by atoms with Crippen LogP contribution >= 0.6 is 11.3 Å². The quantitative estimate of drug-likeness (QED) is 0.567. The molecule has 1 aliphatic heterocycles. The van der Waals surface area contributed by atoms with E-state index in [0.29, 0.717) is 43.2 Å². The first-order valence-corrected chi connectivity index (χ1v) is 11.2. The minimum absolute atomic E-state index is 0.0420. The summed E-state index contributed by atoms with van der Waals surface area (Å²) in [5.74, 6) is 0.803. The number of rotatable bonds is 7. The van der Waals surface area contributed by atoms with E-state index < -0.39 is 5.97 Å². The second-order valence-corrected chi connectivity index (χ2v) is 8.61. The number of aliphatic carboxylic acids is 1. The van der Waals surface area contributed by atoms with Crippen LogP contribution in [0.2, 0.25) is 0 Å². The van der Waals surface area contributed by atoms with E-state index in [1.165, 1.54) is 15.6 Å². The van der Waals surface area contributed by atoms with Gasteiger partial charge in [0.15, 0.2) is 11.5 Å². The lowest BCUT2D eigenvalue weighted by molar-refractivity contribution is -0.143. The molecule has 0 saturated carbocycles. The summed E-state index contributed by atoms with van der Waals surface area (Å²) in [5, 5.41) is 12.9. The van der Waals surface area contributed by atoms with Crippen LogP contribution in [0.1, 0.15) is 30.0 Å². The van der Waals surface area contributed by atoms with Gasteiger partial charge in [-0.3, -0.25) is 9.69 Å². The van der Waals surface area contributed by atoms with Gasteiger partial charge in [0.25, 0.3) is 0 Å². The molecular weight excluding hydrogens is 414 g/mol. The Hall–Kier alpha value is -2.77. The van der Waals surface area contributed by atoms with Gasteiger partial charge in [0, 0.05) is 4.70 Å². The third-order valence-electron chi connectivity index (χ3n) is 6.05. The first kappa shape index (κ1) is 21.5. The van der Waals surface area contributed by atoms with E-state index in [9.17, 15) is 9.90 Å². The van der Waals surface area contributed by atoms with Crippen molar-refractivity contribution in [2.24, 2.45) is 5.92 Å². The molecule has 4 rings (SSSR count). The van der Waals surface area contributed by atoms with Crippen molar-refractivity contribution in [2.75, 3.05) is 34.4 Å². The molecule has 0 bridgehead atoms. The third kappa shape index (κ3) is 4.07. The smallest absolute Gasteiger partial charge is 0.306 e. The molecule has 1 aromatic heterocycles. The van der Waals surface area contributed by atoms with Gasteiger partial charge in [-0.2, -0.15) is 0 Å². The van der Waals surface area contributed by atoms with Crippen LogP contribution in [-0.4, -0.2) is 50.4 Å². The topological polar surface area (TPSA) is 68.2 Å². The Balaban J connectivity index is 1.83. The van der Waals surface area contributed by atoms with E-state index in [4.69, 9.17) is 14.2 Å². The van der Waals surface area contributed by atoms with Crippen LogP contribution in [0.3, 0.4) is 0 Å². The number of nitrogens with zero attached hydrogens (tertiary/aromatic N) is 1. The standard InChI is InChI=1S/C24H27NO5S/c1-28-19-12-16(13-20(29-2)23(19)30-3)22(25-10-8-15(9-11-25)24(26)27)18-14-31-21-7-5-4-6-17(18)21/h4-7,12-15,22H,8-11H2,1-3H3,(H,26,27). The molecule has 0 radical (unpaired) electrons. The van der Waals surface area contributed by atoms with E-state index in [2.05, 4.69) is 34.5 Å². The molecule has 1 N–H and O–H groups in total. The number of hydrogen-bond acceptors (Lipinski definition) is 6. The van der Waals surface area contributed by atoms with Crippen LogP contribution in [0.4, 0.5) is 0 Å². The molecule has 1 fully saturated rings. The fourth-order valence-electron chi connectivity index (χ4n) is 4.46. The number of carboxylic acids is 1. The summed E-state index contributed by atoms with van der Waals surface area (Å²) in [6.45, 7) is 1.42. The molecule has 7 heteroatoms. The number of likely N-dealkylation sites (tertiary alicyclic amines) is 1. The number of hydrogen-bond donors (Lipinski definition) is 1. The minimum Gasteiger partial charge on any atom is -0.493 e. The van der Waals surface area contributed by atoms with Crippen molar-refractivity contribution in [3.8, 4) is 17.2 Å². The Morgan fingerprint density at radius 1 is 1.06 bits per heavy atom. The molecule has 2 heterocycles. The number of fused-ring (bicyclic) bond motifs is 1. The summed E-state index contributed by atoms with van der Waals surface area (Å²) in [7, 11) is 4.84. The fourth-order valence-corrected chi connectivity index (χ4v) is 5.44. The molecule has 0 spiro atoms. The van der Waals surface area contributed by atoms with Crippen LogP contribution in [0.15, 0.2) is 41.8 Å². The Bertz CT molecular complexity index is 1050. The Morgan fingerprint density at radius 3 is 2.29 bits per heavy atom. The monoisotopic (exact) mass is 441 g/mol. The van der Waals surface area contributed by atoms with E-state index in [0.717, 1.165) is 5.56 Å². The van der Waals surface area contributed by atoms with Crippen LogP contribution in [-0.2, 0) is 4.79 Å². The lowest BCUT2D eigenvalue weighted by Crippen LogP contribution is -2.39. The molecule has 0 aliphatic carbocycles. The second-order valence-electron chi connectivity index (χ2n) is 7.70. The Kier molecular flexibility index (Phi) is 6.34. The van der Waals surface area contributed by atoms with Crippen molar-refractivity contribution in [3.63, 3.8) is 0 Å². The zero-order valence-corrected chi connectivity index (χ0v) is 18.8. The maximum Gasteiger partial charge on any atom is 0.306 e. The molecule has 0 amide bonds.